The summed E-state index contributed by atoms with van der Waals surface area (Å²) in [7, 11) is 0. The molecule has 50 heavy (non-hydrogen) atoms. The Morgan fingerprint density at radius 3 is 1.74 bits per heavy atom. The van der Waals surface area contributed by atoms with Gasteiger partial charge < -0.3 is 8.97 Å². The largest absolute Gasteiger partial charge is 0.309 e. The Morgan fingerprint density at radius 2 is 0.960 bits per heavy atom. The Kier molecular flexibility index (Phi) is 5.63. The van der Waals surface area contributed by atoms with Crippen LogP contribution in [-0.4, -0.2) is 18.9 Å². The molecule has 4 heteroatoms. The molecule has 0 unspecified atom stereocenters. The summed E-state index contributed by atoms with van der Waals surface area (Å²) >= 11 is 0. The highest BCUT2D eigenvalue weighted by Crippen LogP contribution is 2.41. The van der Waals surface area contributed by atoms with Gasteiger partial charge in [-0.2, -0.15) is 0 Å². The van der Waals surface area contributed by atoms with E-state index in [1.54, 1.807) is 0 Å². The van der Waals surface area contributed by atoms with Gasteiger partial charge in [0.1, 0.15) is 0 Å². The van der Waals surface area contributed by atoms with E-state index in [1.165, 1.54) is 59.9 Å². The van der Waals surface area contributed by atoms with Crippen LogP contribution in [0.4, 0.5) is 0 Å². The molecule has 0 fully saturated rings. The van der Waals surface area contributed by atoms with Crippen molar-refractivity contribution in [1.82, 2.24) is 18.9 Å². The average molecular weight is 637 g/mol. The first kappa shape index (κ1) is 27.2. The fourth-order valence-electron chi connectivity index (χ4n) is 8.09. The van der Waals surface area contributed by atoms with E-state index in [-0.39, 0.29) is 0 Å². The van der Waals surface area contributed by atoms with E-state index in [0.717, 1.165) is 39.2 Å². The number of benzene rings is 7. The number of rotatable bonds is 3. The van der Waals surface area contributed by atoms with Crippen molar-refractivity contribution in [1.29, 1.82) is 0 Å². The monoisotopic (exact) mass is 636 g/mol. The summed E-state index contributed by atoms with van der Waals surface area (Å²) in [6, 6.07) is 60.6. The minimum Gasteiger partial charge on any atom is -0.309 e. The molecule has 0 spiro atoms. The number of fused-ring (bicyclic) bond motifs is 13. The predicted octanol–water partition coefficient (Wildman–Crippen LogP) is 11.8. The molecule has 0 saturated heterocycles. The maximum Gasteiger partial charge on any atom is 0.160 e. The SMILES string of the molecule is c1ccc(-c2nc(-c3ccc(-n4c5ccccc5c5ccc6c(cc7c8ccccc8c8ccccc8n76)c54)cc3)nc3ccccc23)cc1. The van der Waals surface area contributed by atoms with E-state index in [1.807, 2.05) is 12.1 Å². The van der Waals surface area contributed by atoms with Crippen molar-refractivity contribution in [2.45, 2.75) is 0 Å². The zero-order chi connectivity index (χ0) is 32.8. The first-order valence-corrected chi connectivity index (χ1v) is 17.0. The molecule has 0 atom stereocenters. The molecule has 7 aromatic carbocycles. The van der Waals surface area contributed by atoms with Gasteiger partial charge in [-0.15, -0.1) is 0 Å². The van der Waals surface area contributed by atoms with E-state index < -0.39 is 0 Å². The molecule has 0 N–H and O–H groups in total. The van der Waals surface area contributed by atoms with Crippen molar-refractivity contribution in [3.05, 3.63) is 170 Å². The van der Waals surface area contributed by atoms with Crippen LogP contribution >= 0.6 is 0 Å². The van der Waals surface area contributed by atoms with Gasteiger partial charge in [0.05, 0.1) is 38.8 Å². The maximum absolute atomic E-state index is 5.13. The second-order valence-electron chi connectivity index (χ2n) is 13.0. The summed E-state index contributed by atoms with van der Waals surface area (Å²) in [5.74, 6) is 0.719. The first-order chi connectivity index (χ1) is 24.8. The molecular formula is C46H28N4. The van der Waals surface area contributed by atoms with Gasteiger partial charge in [-0.3, -0.25) is 0 Å². The molecular weight excluding hydrogens is 609 g/mol. The van der Waals surface area contributed by atoms with Crippen LogP contribution in [0.1, 0.15) is 0 Å². The number of aromatic nitrogens is 4. The molecule has 4 aromatic heterocycles. The Balaban J connectivity index is 1.16. The summed E-state index contributed by atoms with van der Waals surface area (Å²) < 4.78 is 4.87. The highest BCUT2D eigenvalue weighted by Gasteiger charge is 2.19. The molecule has 0 aliphatic rings. The molecule has 0 aliphatic heterocycles. The lowest BCUT2D eigenvalue weighted by Gasteiger charge is -2.12. The highest BCUT2D eigenvalue weighted by atomic mass is 15.0. The summed E-state index contributed by atoms with van der Waals surface area (Å²) in [6.07, 6.45) is 0. The van der Waals surface area contributed by atoms with Gasteiger partial charge in [-0.1, -0.05) is 115 Å². The number of hydrogen-bond acceptors (Lipinski definition) is 2. The Hall–Kier alpha value is -6.78. The standard InChI is InChI=1S/C46H28N4/c1-2-12-29(13-3-1)44-37-18-6-9-19-39(37)47-46(48-44)30-22-24-31(25-23-30)49-40-20-10-8-17-35(40)36-26-27-42-38(45(36)49)28-43-34-16-5-4-14-32(34)33-15-7-11-21-41(33)50(42)43/h1-28H. The minimum absolute atomic E-state index is 0.719. The van der Waals surface area contributed by atoms with Crippen molar-refractivity contribution in [2.24, 2.45) is 0 Å². The first-order valence-electron chi connectivity index (χ1n) is 17.0. The van der Waals surface area contributed by atoms with Gasteiger partial charge in [0.25, 0.3) is 0 Å². The van der Waals surface area contributed by atoms with Gasteiger partial charge in [0, 0.05) is 49.1 Å². The zero-order valence-corrected chi connectivity index (χ0v) is 27.0. The van der Waals surface area contributed by atoms with Crippen LogP contribution in [-0.2, 0) is 0 Å². The fraction of sp³-hybridized carbons (Fsp3) is 0. The molecule has 0 amide bonds. The molecule has 0 aliphatic carbocycles. The van der Waals surface area contributed by atoms with Crippen LogP contribution in [0.2, 0.25) is 0 Å². The summed E-state index contributed by atoms with van der Waals surface area (Å²) in [6.45, 7) is 0. The molecule has 0 radical (unpaired) electrons. The maximum atomic E-state index is 5.13. The molecule has 0 bridgehead atoms. The normalized spacial score (nSPS) is 12.0. The van der Waals surface area contributed by atoms with Crippen molar-refractivity contribution < 1.29 is 0 Å². The minimum atomic E-state index is 0.719. The van der Waals surface area contributed by atoms with Crippen molar-refractivity contribution >= 4 is 70.8 Å². The van der Waals surface area contributed by atoms with Crippen LogP contribution in [0.5, 0.6) is 0 Å². The van der Waals surface area contributed by atoms with E-state index in [2.05, 4.69) is 167 Å². The fourth-order valence-corrected chi connectivity index (χ4v) is 8.09. The van der Waals surface area contributed by atoms with Crippen LogP contribution in [0, 0.1) is 0 Å². The second-order valence-corrected chi connectivity index (χ2v) is 13.0. The molecule has 11 aromatic rings. The zero-order valence-electron chi connectivity index (χ0n) is 27.0. The Bertz CT molecular complexity index is 3130. The molecule has 232 valence electrons. The Morgan fingerprint density at radius 1 is 0.360 bits per heavy atom. The third-order valence-corrected chi connectivity index (χ3v) is 10.3. The second kappa shape index (κ2) is 10.4. The molecule has 4 nitrogen and oxygen atoms in total. The van der Waals surface area contributed by atoms with Crippen molar-refractivity contribution in [3.63, 3.8) is 0 Å². The number of hydrogen-bond donors (Lipinski definition) is 0. The van der Waals surface area contributed by atoms with Gasteiger partial charge in [-0.05, 0) is 60.0 Å². The highest BCUT2D eigenvalue weighted by molar-refractivity contribution is 6.22. The van der Waals surface area contributed by atoms with E-state index >= 15 is 0 Å². The number of para-hydroxylation sites is 3. The third kappa shape index (κ3) is 3.81. The van der Waals surface area contributed by atoms with Crippen LogP contribution < -0.4 is 0 Å². The third-order valence-electron chi connectivity index (χ3n) is 10.3. The quantitative estimate of drug-likeness (QED) is 0.181. The number of nitrogens with zero attached hydrogens (tertiary/aromatic N) is 4. The van der Waals surface area contributed by atoms with E-state index in [9.17, 15) is 0 Å². The average Bonchev–Trinajstić information content (AvgIpc) is 3.75. The topological polar surface area (TPSA) is 35.1 Å². The van der Waals surface area contributed by atoms with E-state index in [0.29, 0.717) is 0 Å². The van der Waals surface area contributed by atoms with Gasteiger partial charge >= 0.3 is 0 Å². The van der Waals surface area contributed by atoms with Gasteiger partial charge in [0.2, 0.25) is 0 Å². The van der Waals surface area contributed by atoms with Crippen LogP contribution in [0.25, 0.3) is 99.1 Å². The van der Waals surface area contributed by atoms with E-state index in [4.69, 9.17) is 9.97 Å². The molecule has 0 saturated carbocycles. The molecule has 11 rings (SSSR count). The smallest absolute Gasteiger partial charge is 0.160 e. The van der Waals surface area contributed by atoms with Gasteiger partial charge in [-0.25, -0.2) is 9.97 Å². The number of pyridine rings is 1. The Labute approximate surface area is 287 Å². The lowest BCUT2D eigenvalue weighted by atomic mass is 10.1. The van der Waals surface area contributed by atoms with Crippen molar-refractivity contribution in [2.75, 3.05) is 0 Å². The summed E-state index contributed by atoms with van der Waals surface area (Å²) in [5, 5.41) is 8.56. The van der Waals surface area contributed by atoms with Gasteiger partial charge in [0.15, 0.2) is 5.82 Å². The summed E-state index contributed by atoms with van der Waals surface area (Å²) in [5.41, 5.74) is 11.1. The lowest BCUT2D eigenvalue weighted by Crippen LogP contribution is -1.97. The summed E-state index contributed by atoms with van der Waals surface area (Å²) in [4.78, 5) is 10.1. The van der Waals surface area contributed by atoms with Crippen LogP contribution in [0.3, 0.4) is 0 Å². The lowest BCUT2D eigenvalue weighted by molar-refractivity contribution is 1.18. The predicted molar refractivity (Wildman–Crippen MR) is 208 cm³/mol. The molecule has 4 heterocycles. The van der Waals surface area contributed by atoms with Crippen LogP contribution in [0.15, 0.2) is 170 Å². The van der Waals surface area contributed by atoms with Crippen molar-refractivity contribution in [3.8, 4) is 28.3 Å².